The zero-order chi connectivity index (χ0) is 16.7. The van der Waals surface area contributed by atoms with E-state index in [0.29, 0.717) is 0 Å². The number of nitrogens with zero attached hydrogens (tertiary/aromatic N) is 3. The summed E-state index contributed by atoms with van der Waals surface area (Å²) in [6.45, 7) is 5.19. The molecule has 0 N–H and O–H groups in total. The topological polar surface area (TPSA) is 36.4 Å². The number of hydrogen-bond donors (Lipinski definition) is 0. The van der Waals surface area contributed by atoms with E-state index in [1.165, 1.54) is 12.1 Å². The molecule has 4 nitrogen and oxygen atoms in total. The highest BCUT2D eigenvalue weighted by Gasteiger charge is 2.46. The average Bonchev–Trinajstić information content (AvgIpc) is 3.28. The molecule has 2 fully saturated rings. The Hall–Kier alpha value is -1.95. The van der Waals surface area contributed by atoms with Gasteiger partial charge in [0.1, 0.15) is 5.82 Å². The summed E-state index contributed by atoms with van der Waals surface area (Å²) in [5, 5.41) is 3.11. The number of hydrogen-bond acceptors (Lipinski definition) is 4. The summed E-state index contributed by atoms with van der Waals surface area (Å²) in [6, 6.07) is 6.56. The molecular weight excluding hydrogens is 325 g/mol. The van der Waals surface area contributed by atoms with E-state index in [0.717, 1.165) is 49.0 Å². The average molecular weight is 345 g/mol. The maximum absolute atomic E-state index is 13.0. The first-order valence-corrected chi connectivity index (χ1v) is 9.21. The predicted octanol–water partition coefficient (Wildman–Crippen LogP) is 3.04. The number of anilines is 1. The fraction of sp³-hybridized carbons (Fsp3) is 0.444. The molecule has 0 unspecified atom stereocenters. The summed E-state index contributed by atoms with van der Waals surface area (Å²) >= 11 is 1.66. The molecule has 126 valence electrons. The first kappa shape index (κ1) is 15.6. The largest absolute Gasteiger partial charge is 0.345 e. The lowest BCUT2D eigenvalue weighted by Crippen LogP contribution is -2.49. The summed E-state index contributed by atoms with van der Waals surface area (Å²) in [5.74, 6) is 0.358. The van der Waals surface area contributed by atoms with Gasteiger partial charge in [0.25, 0.3) is 0 Å². The Labute approximate surface area is 144 Å². The van der Waals surface area contributed by atoms with Crippen LogP contribution in [0.4, 0.5) is 9.52 Å². The lowest BCUT2D eigenvalue weighted by molar-refractivity contribution is -0.132. The van der Waals surface area contributed by atoms with Crippen molar-refractivity contribution in [3.8, 4) is 0 Å². The Balaban J connectivity index is 1.33. The lowest BCUT2D eigenvalue weighted by atomic mass is 10.1. The molecule has 1 aliphatic carbocycles. The van der Waals surface area contributed by atoms with Crippen LogP contribution in [0, 0.1) is 18.7 Å². The molecule has 1 saturated carbocycles. The van der Waals surface area contributed by atoms with Gasteiger partial charge in [0.15, 0.2) is 5.13 Å². The highest BCUT2D eigenvalue weighted by Crippen LogP contribution is 2.48. The molecule has 4 rings (SSSR count). The second kappa shape index (κ2) is 6.16. The second-order valence-corrected chi connectivity index (χ2v) is 7.42. The number of benzene rings is 1. The van der Waals surface area contributed by atoms with Crippen LogP contribution in [0.3, 0.4) is 0 Å². The number of rotatable bonds is 3. The highest BCUT2D eigenvalue weighted by molar-refractivity contribution is 7.13. The number of thiazole rings is 1. The van der Waals surface area contributed by atoms with E-state index < -0.39 is 0 Å². The zero-order valence-electron chi connectivity index (χ0n) is 13.6. The number of halogens is 1. The Kier molecular flexibility index (Phi) is 4.00. The van der Waals surface area contributed by atoms with Gasteiger partial charge in [0, 0.05) is 37.5 Å². The number of aromatic nitrogens is 1. The number of aryl methyl sites for hydroxylation is 1. The van der Waals surface area contributed by atoms with Crippen LogP contribution < -0.4 is 4.90 Å². The maximum atomic E-state index is 13.0. The fourth-order valence-electron chi connectivity index (χ4n) is 3.39. The van der Waals surface area contributed by atoms with E-state index in [2.05, 4.69) is 15.3 Å². The van der Waals surface area contributed by atoms with Crippen molar-refractivity contribution in [1.29, 1.82) is 0 Å². The third-order valence-corrected chi connectivity index (χ3v) is 5.89. The minimum Gasteiger partial charge on any atom is -0.345 e. The molecule has 0 radical (unpaired) electrons. The monoisotopic (exact) mass is 345 g/mol. The molecule has 2 atom stereocenters. The molecule has 1 aliphatic heterocycles. The summed E-state index contributed by atoms with van der Waals surface area (Å²) in [6.07, 6.45) is 0.885. The van der Waals surface area contributed by atoms with E-state index in [1.807, 2.05) is 11.8 Å². The molecule has 2 aliphatic rings. The molecule has 2 aromatic rings. The molecular formula is C18H20FN3OS. The lowest BCUT2D eigenvalue weighted by Gasteiger charge is -2.34. The molecule has 1 amide bonds. The van der Waals surface area contributed by atoms with E-state index in [9.17, 15) is 9.18 Å². The molecule has 24 heavy (non-hydrogen) atoms. The van der Waals surface area contributed by atoms with Gasteiger partial charge in [-0.15, -0.1) is 11.3 Å². The molecule has 0 spiro atoms. The molecule has 1 saturated heterocycles. The fourth-order valence-corrected chi connectivity index (χ4v) is 4.24. The van der Waals surface area contributed by atoms with Crippen molar-refractivity contribution in [2.75, 3.05) is 31.1 Å². The Morgan fingerprint density at radius 2 is 1.92 bits per heavy atom. The van der Waals surface area contributed by atoms with Crippen molar-refractivity contribution in [2.24, 2.45) is 5.92 Å². The van der Waals surface area contributed by atoms with Gasteiger partial charge in [-0.05, 0) is 37.0 Å². The molecule has 1 aromatic heterocycles. The summed E-state index contributed by atoms with van der Waals surface area (Å²) in [5.41, 5.74) is 2.13. The molecule has 6 heteroatoms. The predicted molar refractivity (Wildman–Crippen MR) is 92.9 cm³/mol. The van der Waals surface area contributed by atoms with Crippen molar-refractivity contribution in [3.05, 3.63) is 46.7 Å². The van der Waals surface area contributed by atoms with E-state index in [-0.39, 0.29) is 23.6 Å². The number of piperazine rings is 1. The smallest absolute Gasteiger partial charge is 0.226 e. The normalized spacial score (nSPS) is 23.4. The van der Waals surface area contributed by atoms with Crippen LogP contribution in [0.5, 0.6) is 0 Å². The van der Waals surface area contributed by atoms with Crippen LogP contribution in [0.2, 0.25) is 0 Å². The van der Waals surface area contributed by atoms with Gasteiger partial charge in [-0.3, -0.25) is 4.79 Å². The van der Waals surface area contributed by atoms with Crippen molar-refractivity contribution >= 4 is 22.4 Å². The highest BCUT2D eigenvalue weighted by atomic mass is 32.1. The summed E-state index contributed by atoms with van der Waals surface area (Å²) in [7, 11) is 0. The SMILES string of the molecule is Cc1csc(N2CCN(C(=O)[C@@H]3C[C@@H]3c3ccc(F)cc3)CC2)n1. The van der Waals surface area contributed by atoms with Gasteiger partial charge in [-0.25, -0.2) is 9.37 Å². The Bertz CT molecular complexity index is 737. The van der Waals surface area contributed by atoms with Crippen LogP contribution in [0.15, 0.2) is 29.6 Å². The van der Waals surface area contributed by atoms with Gasteiger partial charge < -0.3 is 9.80 Å². The number of carbonyl (C=O) groups excluding carboxylic acids is 1. The zero-order valence-corrected chi connectivity index (χ0v) is 14.4. The van der Waals surface area contributed by atoms with Crippen molar-refractivity contribution < 1.29 is 9.18 Å². The first-order chi connectivity index (χ1) is 11.6. The van der Waals surface area contributed by atoms with E-state index >= 15 is 0 Å². The van der Waals surface area contributed by atoms with Gasteiger partial charge in [-0.2, -0.15) is 0 Å². The number of amides is 1. The first-order valence-electron chi connectivity index (χ1n) is 8.33. The third kappa shape index (κ3) is 3.02. The second-order valence-electron chi connectivity index (χ2n) is 6.58. The summed E-state index contributed by atoms with van der Waals surface area (Å²) in [4.78, 5) is 21.4. The van der Waals surface area contributed by atoms with Crippen LogP contribution in [0.1, 0.15) is 23.6 Å². The third-order valence-electron chi connectivity index (χ3n) is 4.87. The minimum absolute atomic E-state index is 0.0733. The van der Waals surface area contributed by atoms with Crippen molar-refractivity contribution in [3.63, 3.8) is 0 Å². The van der Waals surface area contributed by atoms with Crippen LogP contribution in [-0.2, 0) is 4.79 Å². The van der Waals surface area contributed by atoms with Gasteiger partial charge in [-0.1, -0.05) is 12.1 Å². The van der Waals surface area contributed by atoms with Crippen molar-refractivity contribution in [1.82, 2.24) is 9.88 Å². The molecule has 1 aromatic carbocycles. The number of carbonyl (C=O) groups is 1. The maximum Gasteiger partial charge on any atom is 0.226 e. The van der Waals surface area contributed by atoms with Gasteiger partial charge in [0.2, 0.25) is 5.91 Å². The van der Waals surface area contributed by atoms with Crippen LogP contribution in [-0.4, -0.2) is 42.0 Å². The van der Waals surface area contributed by atoms with Crippen molar-refractivity contribution in [2.45, 2.75) is 19.3 Å². The van der Waals surface area contributed by atoms with Gasteiger partial charge in [0.05, 0.1) is 5.69 Å². The van der Waals surface area contributed by atoms with Crippen LogP contribution >= 0.6 is 11.3 Å². The van der Waals surface area contributed by atoms with Crippen LogP contribution in [0.25, 0.3) is 0 Å². The summed E-state index contributed by atoms with van der Waals surface area (Å²) < 4.78 is 13.0. The van der Waals surface area contributed by atoms with E-state index in [4.69, 9.17) is 0 Å². The van der Waals surface area contributed by atoms with E-state index in [1.54, 1.807) is 23.5 Å². The quantitative estimate of drug-likeness (QED) is 0.858. The Morgan fingerprint density at radius 3 is 2.54 bits per heavy atom. The van der Waals surface area contributed by atoms with Gasteiger partial charge >= 0.3 is 0 Å². The molecule has 2 heterocycles. The Morgan fingerprint density at radius 1 is 1.21 bits per heavy atom. The minimum atomic E-state index is -0.226. The molecule has 0 bridgehead atoms. The standard InChI is InChI=1S/C18H20FN3OS/c1-12-11-24-18(20-12)22-8-6-21(7-9-22)17(23)16-10-15(16)13-2-4-14(19)5-3-13/h2-5,11,15-16H,6-10H2,1H3/t15-,16-/m1/s1.